The van der Waals surface area contributed by atoms with Crippen LogP contribution in [0.2, 0.25) is 0 Å². The third-order valence-corrected chi connectivity index (χ3v) is 11.7. The molecule has 0 fully saturated rings. The average molecular weight is 775 g/mol. The Hall–Kier alpha value is -8.30. The second-order valence-electron chi connectivity index (χ2n) is 14.8. The normalized spacial score (nSPS) is 11.9. The quantitative estimate of drug-likeness (QED) is 0.0493. The number of phenols is 8. The Morgan fingerprint density at radius 1 is 0.305 bits per heavy atom. The van der Waals surface area contributed by atoms with Gasteiger partial charge in [0.1, 0.15) is 11.2 Å². The maximum Gasteiger partial charge on any atom is 0.204 e. The smallest absolute Gasteiger partial charge is 0.204 e. The summed E-state index contributed by atoms with van der Waals surface area (Å²) in [6, 6.07) is 41.7. The van der Waals surface area contributed by atoms with Gasteiger partial charge in [-0.2, -0.15) is 0 Å². The summed E-state index contributed by atoms with van der Waals surface area (Å²) in [7, 11) is 0. The molecule has 0 aliphatic carbocycles. The van der Waals surface area contributed by atoms with E-state index in [2.05, 4.69) is 6.07 Å². The molecule has 1 aromatic heterocycles. The minimum absolute atomic E-state index is 0.00531. The van der Waals surface area contributed by atoms with E-state index in [-0.39, 0.29) is 32.7 Å². The third kappa shape index (κ3) is 4.55. The average Bonchev–Trinajstić information content (AvgIpc) is 3.67. The molecule has 284 valence electrons. The Morgan fingerprint density at radius 2 is 0.780 bits per heavy atom. The van der Waals surface area contributed by atoms with E-state index in [0.29, 0.717) is 22.1 Å². The van der Waals surface area contributed by atoms with Crippen LogP contribution in [0.1, 0.15) is 0 Å². The van der Waals surface area contributed by atoms with Gasteiger partial charge in [0, 0.05) is 48.8 Å². The number of aromatic hydroxyl groups is 8. The van der Waals surface area contributed by atoms with Gasteiger partial charge >= 0.3 is 0 Å². The zero-order valence-corrected chi connectivity index (χ0v) is 30.7. The fourth-order valence-electron chi connectivity index (χ4n) is 9.06. The van der Waals surface area contributed by atoms with Gasteiger partial charge in [-0.25, -0.2) is 0 Å². The van der Waals surface area contributed by atoms with Gasteiger partial charge < -0.3 is 45.3 Å². The van der Waals surface area contributed by atoms with Gasteiger partial charge in [-0.15, -0.1) is 0 Å². The topological polar surface area (TPSA) is 175 Å². The second-order valence-corrected chi connectivity index (χ2v) is 14.8. The Kier molecular flexibility index (Phi) is 6.97. The van der Waals surface area contributed by atoms with Crippen molar-refractivity contribution < 1.29 is 45.3 Å². The van der Waals surface area contributed by atoms with Crippen molar-refractivity contribution in [2.45, 2.75) is 0 Å². The molecule has 0 saturated carbocycles. The van der Waals surface area contributed by atoms with Crippen LogP contribution in [0.5, 0.6) is 46.0 Å². The molecule has 11 aromatic rings. The van der Waals surface area contributed by atoms with E-state index in [0.717, 1.165) is 54.4 Å². The van der Waals surface area contributed by atoms with Crippen molar-refractivity contribution in [1.82, 2.24) is 0 Å². The van der Waals surface area contributed by atoms with Gasteiger partial charge in [0.05, 0.1) is 0 Å². The van der Waals surface area contributed by atoms with Gasteiger partial charge in [0.25, 0.3) is 0 Å². The fourth-order valence-corrected chi connectivity index (χ4v) is 9.06. The first kappa shape index (κ1) is 34.0. The molecule has 0 spiro atoms. The highest BCUT2D eigenvalue weighted by atomic mass is 16.4. The zero-order chi connectivity index (χ0) is 40.4. The van der Waals surface area contributed by atoms with Gasteiger partial charge in [0.2, 0.25) is 23.0 Å². The SMILES string of the molecule is Oc1c(O)c(O)c2c(-c3cccc4ccccc34)c3c(O)c(O)c(O)c(O)c3c(-c3ccc4cccc(-c5cccc6oc7c8ccccc8ccc7c56)c4c3)c2c1O. The summed E-state index contributed by atoms with van der Waals surface area (Å²) < 4.78 is 6.50. The number of hydrogen-bond acceptors (Lipinski definition) is 9. The molecular formula is C50H30O9. The predicted octanol–water partition coefficient (Wildman–Crippen LogP) is 12.0. The van der Waals surface area contributed by atoms with Crippen molar-refractivity contribution in [1.29, 1.82) is 0 Å². The lowest BCUT2D eigenvalue weighted by Crippen LogP contribution is -1.95. The van der Waals surface area contributed by atoms with E-state index < -0.39 is 46.0 Å². The summed E-state index contributed by atoms with van der Waals surface area (Å²) in [5.74, 6) is -7.45. The van der Waals surface area contributed by atoms with E-state index in [1.807, 2.05) is 97.1 Å². The number of phenolic OH excluding ortho intramolecular Hbond substituents is 8. The lowest BCUT2D eigenvalue weighted by Gasteiger charge is -2.23. The van der Waals surface area contributed by atoms with Gasteiger partial charge in [-0.3, -0.25) is 0 Å². The van der Waals surface area contributed by atoms with Gasteiger partial charge in [0.15, 0.2) is 23.0 Å². The molecule has 9 heteroatoms. The van der Waals surface area contributed by atoms with Crippen molar-refractivity contribution in [3.05, 3.63) is 133 Å². The first-order chi connectivity index (χ1) is 28.6. The zero-order valence-electron chi connectivity index (χ0n) is 30.7. The molecule has 9 nitrogen and oxygen atoms in total. The van der Waals surface area contributed by atoms with Crippen LogP contribution in [0.3, 0.4) is 0 Å². The molecule has 59 heavy (non-hydrogen) atoms. The number of benzene rings is 10. The molecule has 0 aliphatic rings. The largest absolute Gasteiger partial charge is 0.504 e. The van der Waals surface area contributed by atoms with E-state index in [9.17, 15) is 40.9 Å². The Labute approximate surface area is 333 Å². The summed E-state index contributed by atoms with van der Waals surface area (Å²) in [5.41, 5.74) is 3.78. The highest BCUT2D eigenvalue weighted by Gasteiger charge is 2.33. The van der Waals surface area contributed by atoms with Crippen LogP contribution < -0.4 is 0 Å². The summed E-state index contributed by atoms with van der Waals surface area (Å²) in [5, 5.41) is 97.6. The van der Waals surface area contributed by atoms with E-state index in [4.69, 9.17) is 4.42 Å². The van der Waals surface area contributed by atoms with Crippen molar-refractivity contribution in [2.24, 2.45) is 0 Å². The fraction of sp³-hybridized carbons (Fsp3) is 0. The van der Waals surface area contributed by atoms with Crippen LogP contribution >= 0.6 is 0 Å². The highest BCUT2D eigenvalue weighted by Crippen LogP contribution is 2.62. The maximum absolute atomic E-state index is 11.9. The molecule has 0 unspecified atom stereocenters. The lowest BCUT2D eigenvalue weighted by atomic mass is 9.82. The Balaban J connectivity index is 1.30. The van der Waals surface area contributed by atoms with Gasteiger partial charge in [-0.05, 0) is 67.4 Å². The Morgan fingerprint density at radius 3 is 1.42 bits per heavy atom. The summed E-state index contributed by atoms with van der Waals surface area (Å²) in [4.78, 5) is 0. The molecule has 0 bridgehead atoms. The number of hydrogen-bond donors (Lipinski definition) is 8. The molecular weight excluding hydrogens is 745 g/mol. The monoisotopic (exact) mass is 774 g/mol. The van der Waals surface area contributed by atoms with Gasteiger partial charge in [-0.1, -0.05) is 115 Å². The van der Waals surface area contributed by atoms with Crippen molar-refractivity contribution in [3.8, 4) is 79.4 Å². The van der Waals surface area contributed by atoms with Crippen LogP contribution in [-0.2, 0) is 0 Å². The van der Waals surface area contributed by atoms with Crippen molar-refractivity contribution in [2.75, 3.05) is 0 Å². The minimum Gasteiger partial charge on any atom is -0.504 e. The third-order valence-electron chi connectivity index (χ3n) is 11.7. The van der Waals surface area contributed by atoms with Crippen LogP contribution in [0.15, 0.2) is 138 Å². The minimum atomic E-state index is -1.03. The molecule has 1 heterocycles. The number of fused-ring (bicyclic) bond motifs is 9. The number of furan rings is 1. The molecule has 0 radical (unpaired) electrons. The van der Waals surface area contributed by atoms with Crippen LogP contribution in [-0.4, -0.2) is 40.9 Å². The second kappa shape index (κ2) is 12.1. The predicted molar refractivity (Wildman–Crippen MR) is 231 cm³/mol. The van der Waals surface area contributed by atoms with Crippen LogP contribution in [0.4, 0.5) is 0 Å². The molecule has 0 atom stereocenters. The lowest BCUT2D eigenvalue weighted by molar-refractivity contribution is 0.350. The maximum atomic E-state index is 11.9. The standard InChI is InChI=1S/C50H30O9/c51-42-38-35(26-19-18-25-11-5-14-29(33(25)22-26)31-16-7-17-34-36(31)32-21-20-24-9-2-4-13-28(24)50(32)59-34)39-41(45(54)49(58)47(56)43(39)52)37(40(38)44(53)48(57)46(42)55)30-15-6-10-23-8-1-3-12-27(23)30/h1-22,51-58H. The summed E-state index contributed by atoms with van der Waals surface area (Å²) in [6.45, 7) is 0. The molecule has 8 N–H and O–H groups in total. The van der Waals surface area contributed by atoms with Crippen LogP contribution in [0, 0.1) is 0 Å². The highest BCUT2D eigenvalue weighted by molar-refractivity contribution is 6.31. The van der Waals surface area contributed by atoms with E-state index >= 15 is 0 Å². The molecule has 11 rings (SSSR count). The van der Waals surface area contributed by atoms with E-state index in [1.54, 1.807) is 30.3 Å². The van der Waals surface area contributed by atoms with Crippen molar-refractivity contribution >= 4 is 75.8 Å². The Bertz CT molecular complexity index is 3570. The number of rotatable bonds is 3. The molecule has 10 aromatic carbocycles. The first-order valence-electron chi connectivity index (χ1n) is 18.7. The van der Waals surface area contributed by atoms with Crippen LogP contribution in [0.25, 0.3) is 109 Å². The summed E-state index contributed by atoms with van der Waals surface area (Å²) >= 11 is 0. The first-order valence-corrected chi connectivity index (χ1v) is 18.7. The molecule has 0 aliphatic heterocycles. The summed E-state index contributed by atoms with van der Waals surface area (Å²) in [6.07, 6.45) is 0. The van der Waals surface area contributed by atoms with E-state index in [1.165, 1.54) is 0 Å². The molecule has 0 saturated heterocycles. The van der Waals surface area contributed by atoms with Crippen molar-refractivity contribution in [3.63, 3.8) is 0 Å². The molecule has 0 amide bonds.